The average molecular weight is 222 g/mol. The summed E-state index contributed by atoms with van der Waals surface area (Å²) in [6.45, 7) is 3.95. The molecule has 0 saturated carbocycles. The highest BCUT2D eigenvalue weighted by Crippen LogP contribution is 2.16. The fourth-order valence-electron chi connectivity index (χ4n) is 1.37. The molecule has 0 aliphatic heterocycles. The van der Waals surface area contributed by atoms with Gasteiger partial charge >= 0.3 is 0 Å². The third-order valence-corrected chi connectivity index (χ3v) is 3.20. The van der Waals surface area contributed by atoms with Gasteiger partial charge in [0.25, 0.3) is 0 Å². The molecule has 2 heterocycles. The van der Waals surface area contributed by atoms with Gasteiger partial charge in [-0.2, -0.15) is 0 Å². The van der Waals surface area contributed by atoms with Crippen molar-refractivity contribution in [3.05, 3.63) is 34.8 Å². The summed E-state index contributed by atoms with van der Waals surface area (Å²) in [5, 5.41) is 6.57. The lowest BCUT2D eigenvalue weighted by atomic mass is 10.2. The molecule has 4 nitrogen and oxygen atoms in total. The van der Waals surface area contributed by atoms with Gasteiger partial charge < -0.3 is 10.3 Å². The predicted octanol–water partition coefficient (Wildman–Crippen LogP) is 1.76. The predicted molar refractivity (Wildman–Crippen MR) is 60.8 cm³/mol. The van der Waals surface area contributed by atoms with Crippen molar-refractivity contribution in [3.63, 3.8) is 0 Å². The highest BCUT2D eigenvalue weighted by molar-refractivity contribution is 7.09. The molecule has 0 aliphatic rings. The monoisotopic (exact) mass is 222 g/mol. The van der Waals surface area contributed by atoms with E-state index in [4.69, 9.17) is 0 Å². The fraction of sp³-hybridized carbons (Fsp3) is 0.400. The van der Waals surface area contributed by atoms with Crippen LogP contribution in [0.5, 0.6) is 0 Å². The Bertz CT molecular complexity index is 368. The van der Waals surface area contributed by atoms with Gasteiger partial charge in [-0.05, 0) is 0 Å². The topological polar surface area (TPSA) is 53.6 Å². The largest absolute Gasteiger partial charge is 0.347 e. The van der Waals surface area contributed by atoms with Gasteiger partial charge in [0.15, 0.2) is 0 Å². The van der Waals surface area contributed by atoms with Crippen molar-refractivity contribution in [1.82, 2.24) is 20.3 Å². The second-order valence-electron chi connectivity index (χ2n) is 3.48. The highest BCUT2D eigenvalue weighted by atomic mass is 32.1. The Morgan fingerprint density at radius 1 is 1.60 bits per heavy atom. The molecule has 15 heavy (non-hydrogen) atoms. The molecule has 0 aliphatic carbocycles. The quantitative estimate of drug-likeness (QED) is 0.810. The van der Waals surface area contributed by atoms with E-state index in [0.717, 1.165) is 18.8 Å². The zero-order valence-corrected chi connectivity index (χ0v) is 9.42. The summed E-state index contributed by atoms with van der Waals surface area (Å²) in [6.07, 6.45) is 5.38. The minimum Gasteiger partial charge on any atom is -0.347 e. The summed E-state index contributed by atoms with van der Waals surface area (Å²) >= 11 is 1.71. The van der Waals surface area contributed by atoms with Crippen molar-refractivity contribution in [1.29, 1.82) is 0 Å². The number of imidazole rings is 1. The van der Waals surface area contributed by atoms with Crippen LogP contribution >= 0.6 is 11.3 Å². The van der Waals surface area contributed by atoms with E-state index in [9.17, 15) is 0 Å². The minimum absolute atomic E-state index is 0.466. The molecule has 0 saturated heterocycles. The second kappa shape index (κ2) is 5.04. The highest BCUT2D eigenvalue weighted by Gasteiger charge is 2.07. The zero-order valence-electron chi connectivity index (χ0n) is 8.60. The van der Waals surface area contributed by atoms with Crippen molar-refractivity contribution < 1.29 is 0 Å². The number of nitrogens with one attached hydrogen (secondary N) is 2. The van der Waals surface area contributed by atoms with E-state index in [2.05, 4.69) is 27.2 Å². The van der Waals surface area contributed by atoms with Crippen LogP contribution in [0.1, 0.15) is 23.5 Å². The molecular weight excluding hydrogens is 208 g/mol. The number of nitrogens with zero attached hydrogens (tertiary/aromatic N) is 2. The van der Waals surface area contributed by atoms with Crippen molar-refractivity contribution >= 4 is 11.3 Å². The Balaban J connectivity index is 1.74. The van der Waals surface area contributed by atoms with Gasteiger partial charge in [0.2, 0.25) is 0 Å². The molecule has 0 fully saturated rings. The number of hydrogen-bond donors (Lipinski definition) is 2. The Labute approximate surface area is 92.8 Å². The lowest BCUT2D eigenvalue weighted by Gasteiger charge is -2.08. The van der Waals surface area contributed by atoms with Gasteiger partial charge in [0.1, 0.15) is 0 Å². The minimum atomic E-state index is 0.466. The van der Waals surface area contributed by atoms with Crippen LogP contribution < -0.4 is 5.32 Å². The first-order valence-corrected chi connectivity index (χ1v) is 5.81. The SMILES string of the molecule is CC(CNCc1cnc[nH]1)c1nccs1. The number of thiazole rings is 1. The van der Waals surface area contributed by atoms with E-state index >= 15 is 0 Å². The van der Waals surface area contributed by atoms with Crippen molar-refractivity contribution in [2.75, 3.05) is 6.54 Å². The van der Waals surface area contributed by atoms with E-state index in [0.29, 0.717) is 5.92 Å². The molecule has 5 heteroatoms. The first kappa shape index (κ1) is 10.3. The van der Waals surface area contributed by atoms with E-state index < -0.39 is 0 Å². The molecule has 1 atom stereocenters. The van der Waals surface area contributed by atoms with Gasteiger partial charge in [-0.15, -0.1) is 11.3 Å². The van der Waals surface area contributed by atoms with Crippen LogP contribution in [0.25, 0.3) is 0 Å². The summed E-state index contributed by atoms with van der Waals surface area (Å²) in [5.74, 6) is 0.466. The fourth-order valence-corrected chi connectivity index (χ4v) is 2.07. The third kappa shape index (κ3) is 2.87. The van der Waals surface area contributed by atoms with Gasteiger partial charge in [-0.3, -0.25) is 0 Å². The van der Waals surface area contributed by atoms with Crippen LogP contribution in [-0.4, -0.2) is 21.5 Å². The Kier molecular flexibility index (Phi) is 3.47. The van der Waals surface area contributed by atoms with Crippen LogP contribution in [0, 0.1) is 0 Å². The lowest BCUT2D eigenvalue weighted by molar-refractivity contribution is 0.607. The van der Waals surface area contributed by atoms with Crippen molar-refractivity contribution in [2.45, 2.75) is 19.4 Å². The van der Waals surface area contributed by atoms with Crippen LogP contribution in [0.4, 0.5) is 0 Å². The number of aromatic nitrogens is 3. The molecule has 0 radical (unpaired) electrons. The number of hydrogen-bond acceptors (Lipinski definition) is 4. The Morgan fingerprint density at radius 3 is 3.20 bits per heavy atom. The molecular formula is C10H14N4S. The molecule has 2 aromatic rings. The van der Waals surface area contributed by atoms with Gasteiger partial charge in [-0.25, -0.2) is 9.97 Å². The molecule has 0 bridgehead atoms. The maximum atomic E-state index is 4.29. The zero-order chi connectivity index (χ0) is 10.5. The first-order valence-electron chi connectivity index (χ1n) is 4.93. The van der Waals surface area contributed by atoms with Crippen molar-refractivity contribution in [3.8, 4) is 0 Å². The summed E-state index contributed by atoms with van der Waals surface area (Å²) in [7, 11) is 0. The average Bonchev–Trinajstić information content (AvgIpc) is 2.90. The molecule has 2 N–H and O–H groups in total. The van der Waals surface area contributed by atoms with Gasteiger partial charge in [-0.1, -0.05) is 6.92 Å². The summed E-state index contributed by atoms with van der Waals surface area (Å²) < 4.78 is 0. The molecule has 2 aromatic heterocycles. The molecule has 0 amide bonds. The van der Waals surface area contributed by atoms with Crippen LogP contribution in [0.3, 0.4) is 0 Å². The van der Waals surface area contributed by atoms with E-state index in [1.165, 1.54) is 5.01 Å². The van der Waals surface area contributed by atoms with Crippen molar-refractivity contribution in [2.24, 2.45) is 0 Å². The number of H-pyrrole nitrogens is 1. The Hall–Kier alpha value is -1.20. The molecule has 80 valence electrons. The normalized spacial score (nSPS) is 12.9. The molecule has 0 spiro atoms. The van der Waals surface area contributed by atoms with Crippen LogP contribution in [-0.2, 0) is 6.54 Å². The lowest BCUT2D eigenvalue weighted by Crippen LogP contribution is -2.19. The van der Waals surface area contributed by atoms with E-state index in [-0.39, 0.29) is 0 Å². The smallest absolute Gasteiger partial charge is 0.0965 e. The standard InChI is InChI=1S/C10H14N4S/c1-8(10-13-2-3-15-10)4-11-5-9-6-12-7-14-9/h2-3,6-8,11H,4-5H2,1H3,(H,12,14). The Morgan fingerprint density at radius 2 is 2.53 bits per heavy atom. The maximum absolute atomic E-state index is 4.29. The number of aromatic amines is 1. The van der Waals surface area contributed by atoms with E-state index in [1.54, 1.807) is 17.7 Å². The van der Waals surface area contributed by atoms with Crippen LogP contribution in [0.15, 0.2) is 24.1 Å². The summed E-state index contributed by atoms with van der Waals surface area (Å²) in [4.78, 5) is 11.3. The summed E-state index contributed by atoms with van der Waals surface area (Å²) in [5.41, 5.74) is 1.11. The molecule has 2 rings (SSSR count). The summed E-state index contributed by atoms with van der Waals surface area (Å²) in [6, 6.07) is 0. The molecule has 1 unspecified atom stereocenters. The van der Waals surface area contributed by atoms with Gasteiger partial charge in [0.05, 0.1) is 11.3 Å². The van der Waals surface area contributed by atoms with Crippen LogP contribution in [0.2, 0.25) is 0 Å². The third-order valence-electron chi connectivity index (χ3n) is 2.19. The van der Waals surface area contributed by atoms with Gasteiger partial charge in [0, 0.05) is 42.5 Å². The first-order chi connectivity index (χ1) is 7.36. The second-order valence-corrected chi connectivity index (χ2v) is 4.41. The maximum Gasteiger partial charge on any atom is 0.0965 e. The van der Waals surface area contributed by atoms with E-state index in [1.807, 2.05) is 17.8 Å². The number of rotatable bonds is 5. The molecule has 0 aromatic carbocycles.